The minimum atomic E-state index is -0.575. The van der Waals surface area contributed by atoms with Gasteiger partial charge in [0.2, 0.25) is 0 Å². The van der Waals surface area contributed by atoms with E-state index >= 15 is 0 Å². The van der Waals surface area contributed by atoms with Crippen LogP contribution in [0.15, 0.2) is 36.4 Å². The van der Waals surface area contributed by atoms with Gasteiger partial charge in [0.25, 0.3) is 0 Å². The molecule has 1 aliphatic rings. The predicted molar refractivity (Wildman–Crippen MR) is 95.8 cm³/mol. The maximum Gasteiger partial charge on any atom is 0.315 e. The van der Waals surface area contributed by atoms with Gasteiger partial charge in [-0.2, -0.15) is 0 Å². The van der Waals surface area contributed by atoms with Gasteiger partial charge in [-0.05, 0) is 30.7 Å². The molecule has 0 radical (unpaired) electrons. The van der Waals surface area contributed by atoms with Crippen molar-refractivity contribution in [2.24, 2.45) is 0 Å². The number of urea groups is 1. The molecule has 2 aromatic carbocycles. The number of ether oxygens (including phenoxy) is 1. The van der Waals surface area contributed by atoms with Crippen molar-refractivity contribution in [3.63, 3.8) is 0 Å². The summed E-state index contributed by atoms with van der Waals surface area (Å²) in [6.45, 7) is 2.26. The van der Waals surface area contributed by atoms with Crippen LogP contribution in [0.5, 0.6) is 5.75 Å². The van der Waals surface area contributed by atoms with Crippen molar-refractivity contribution in [2.45, 2.75) is 25.4 Å². The third-order valence-electron chi connectivity index (χ3n) is 4.12. The summed E-state index contributed by atoms with van der Waals surface area (Å²) < 4.78 is 19.2. The van der Waals surface area contributed by atoms with Crippen LogP contribution in [0.25, 0.3) is 0 Å². The van der Waals surface area contributed by atoms with E-state index in [1.165, 1.54) is 12.1 Å². The summed E-state index contributed by atoms with van der Waals surface area (Å²) >= 11 is 11.8. The zero-order valence-electron chi connectivity index (χ0n) is 13.5. The molecule has 0 spiro atoms. The van der Waals surface area contributed by atoms with E-state index in [4.69, 9.17) is 27.9 Å². The Kier molecular flexibility index (Phi) is 5.35. The topological polar surface area (TPSA) is 50.4 Å². The van der Waals surface area contributed by atoms with Crippen LogP contribution in [0.1, 0.15) is 36.6 Å². The molecule has 0 aromatic heterocycles. The second-order valence-corrected chi connectivity index (χ2v) is 6.67. The Bertz CT molecular complexity index is 801. The number of halogens is 3. The van der Waals surface area contributed by atoms with Crippen LogP contribution >= 0.6 is 23.2 Å². The van der Waals surface area contributed by atoms with Crippen LogP contribution in [-0.2, 0) is 0 Å². The fraction of sp³-hybridized carbons (Fsp3) is 0.278. The Morgan fingerprint density at radius 2 is 2.04 bits per heavy atom. The van der Waals surface area contributed by atoms with Crippen molar-refractivity contribution in [3.8, 4) is 5.75 Å². The van der Waals surface area contributed by atoms with Crippen LogP contribution < -0.4 is 15.4 Å². The van der Waals surface area contributed by atoms with E-state index in [0.29, 0.717) is 23.6 Å². The molecular weight excluding hydrogens is 366 g/mol. The first-order chi connectivity index (χ1) is 12.0. The van der Waals surface area contributed by atoms with E-state index in [2.05, 4.69) is 10.6 Å². The lowest BCUT2D eigenvalue weighted by Crippen LogP contribution is -2.40. The molecule has 2 atom stereocenters. The van der Waals surface area contributed by atoms with Crippen molar-refractivity contribution >= 4 is 29.2 Å². The summed E-state index contributed by atoms with van der Waals surface area (Å²) in [5, 5.41) is 5.95. The lowest BCUT2D eigenvalue weighted by molar-refractivity contribution is 0.221. The molecule has 2 amide bonds. The van der Waals surface area contributed by atoms with Gasteiger partial charge in [-0.3, -0.25) is 0 Å². The average Bonchev–Trinajstić information content (AvgIpc) is 2.58. The summed E-state index contributed by atoms with van der Waals surface area (Å²) in [7, 11) is 0. The first-order valence-corrected chi connectivity index (χ1v) is 8.64. The summed E-state index contributed by atoms with van der Waals surface area (Å²) in [4.78, 5) is 12.3. The van der Waals surface area contributed by atoms with Crippen molar-refractivity contribution in [2.75, 3.05) is 6.61 Å². The highest BCUT2D eigenvalue weighted by Gasteiger charge is 2.23. The number of fused-ring (bicyclic) bond motifs is 1. The number of carbonyl (C=O) groups excluding carboxylic acids is 1. The first-order valence-electron chi connectivity index (χ1n) is 7.89. The quantitative estimate of drug-likeness (QED) is 0.732. The number of carbonyl (C=O) groups is 1. The van der Waals surface area contributed by atoms with Gasteiger partial charge in [0.15, 0.2) is 0 Å². The van der Waals surface area contributed by atoms with Crippen molar-refractivity contribution in [3.05, 3.63) is 63.4 Å². The van der Waals surface area contributed by atoms with E-state index in [-0.39, 0.29) is 17.1 Å². The predicted octanol–water partition coefficient (Wildman–Crippen LogP) is 5.02. The summed E-state index contributed by atoms with van der Waals surface area (Å²) in [5.74, 6) is 0.198. The van der Waals surface area contributed by atoms with Crippen molar-refractivity contribution in [1.82, 2.24) is 10.6 Å². The molecule has 0 saturated carbocycles. The molecule has 2 unspecified atom stereocenters. The van der Waals surface area contributed by atoms with Crippen LogP contribution in [0.4, 0.5) is 9.18 Å². The third-order valence-corrected chi connectivity index (χ3v) is 4.73. The molecule has 0 bridgehead atoms. The number of para-hydroxylation sites is 1. The SMILES string of the molecule is CC(NC(=O)NC1CCOc2ccccc21)c1cc(F)c(Cl)cc1Cl. The highest BCUT2D eigenvalue weighted by Crippen LogP contribution is 2.32. The third kappa shape index (κ3) is 3.99. The Hall–Kier alpha value is -1.98. The number of nitrogens with one attached hydrogen (secondary N) is 2. The minimum Gasteiger partial charge on any atom is -0.493 e. The van der Waals surface area contributed by atoms with Crippen LogP contribution in [-0.4, -0.2) is 12.6 Å². The normalized spacial score (nSPS) is 17.2. The molecule has 4 nitrogen and oxygen atoms in total. The van der Waals surface area contributed by atoms with Gasteiger partial charge in [0.05, 0.1) is 23.7 Å². The largest absolute Gasteiger partial charge is 0.493 e. The average molecular weight is 383 g/mol. The molecule has 0 fully saturated rings. The van der Waals surface area contributed by atoms with Crippen molar-refractivity contribution in [1.29, 1.82) is 0 Å². The molecule has 0 saturated heterocycles. The van der Waals surface area contributed by atoms with Gasteiger partial charge in [-0.1, -0.05) is 41.4 Å². The Labute approximate surface area is 155 Å². The van der Waals surface area contributed by atoms with E-state index in [1.54, 1.807) is 6.92 Å². The molecule has 1 heterocycles. The summed E-state index contributed by atoms with van der Waals surface area (Å²) in [6.07, 6.45) is 0.676. The van der Waals surface area contributed by atoms with E-state index in [1.807, 2.05) is 24.3 Å². The summed E-state index contributed by atoms with van der Waals surface area (Å²) in [5.41, 5.74) is 1.40. The number of hydrogen-bond donors (Lipinski definition) is 2. The highest BCUT2D eigenvalue weighted by atomic mass is 35.5. The van der Waals surface area contributed by atoms with Crippen LogP contribution in [0.3, 0.4) is 0 Å². The van der Waals surface area contributed by atoms with Gasteiger partial charge in [0.1, 0.15) is 11.6 Å². The summed E-state index contributed by atoms with van der Waals surface area (Å²) in [6, 6.07) is 9.18. The molecular formula is C18H17Cl2FN2O2. The standard InChI is InChI=1S/C18H17Cl2FN2O2/c1-10(12-8-15(21)14(20)9-13(12)19)22-18(24)23-16-6-7-25-17-5-3-2-4-11(16)17/h2-5,8-10,16H,6-7H2,1H3,(H2,22,23,24). The maximum absolute atomic E-state index is 13.7. The molecule has 2 N–H and O–H groups in total. The van der Waals surface area contributed by atoms with Crippen LogP contribution in [0, 0.1) is 5.82 Å². The van der Waals surface area contributed by atoms with Crippen molar-refractivity contribution < 1.29 is 13.9 Å². The minimum absolute atomic E-state index is 0.0517. The molecule has 0 aliphatic carbocycles. The second kappa shape index (κ2) is 7.50. The Balaban J connectivity index is 1.68. The maximum atomic E-state index is 13.7. The van der Waals surface area contributed by atoms with E-state index < -0.39 is 11.9 Å². The smallest absolute Gasteiger partial charge is 0.315 e. The Morgan fingerprint density at radius 1 is 1.28 bits per heavy atom. The van der Waals surface area contributed by atoms with E-state index in [9.17, 15) is 9.18 Å². The zero-order valence-corrected chi connectivity index (χ0v) is 15.0. The number of benzene rings is 2. The molecule has 2 aromatic rings. The molecule has 7 heteroatoms. The fourth-order valence-corrected chi connectivity index (χ4v) is 3.38. The molecule has 3 rings (SSSR count). The van der Waals surface area contributed by atoms with Gasteiger partial charge < -0.3 is 15.4 Å². The van der Waals surface area contributed by atoms with Gasteiger partial charge in [-0.15, -0.1) is 0 Å². The lowest BCUT2D eigenvalue weighted by atomic mass is 10.0. The first kappa shape index (κ1) is 17.8. The number of rotatable bonds is 3. The number of amides is 2. The monoisotopic (exact) mass is 382 g/mol. The van der Waals surface area contributed by atoms with E-state index in [0.717, 1.165) is 11.3 Å². The second-order valence-electron chi connectivity index (χ2n) is 5.85. The lowest BCUT2D eigenvalue weighted by Gasteiger charge is -2.27. The van der Waals surface area contributed by atoms with Gasteiger partial charge in [0, 0.05) is 17.0 Å². The molecule has 132 valence electrons. The Morgan fingerprint density at radius 3 is 2.84 bits per heavy atom. The molecule has 25 heavy (non-hydrogen) atoms. The molecule has 1 aliphatic heterocycles. The van der Waals surface area contributed by atoms with Crippen LogP contribution in [0.2, 0.25) is 10.0 Å². The highest BCUT2D eigenvalue weighted by molar-refractivity contribution is 6.35. The number of hydrogen-bond acceptors (Lipinski definition) is 2. The van der Waals surface area contributed by atoms with Gasteiger partial charge in [-0.25, -0.2) is 9.18 Å². The zero-order chi connectivity index (χ0) is 18.0. The van der Waals surface area contributed by atoms with Gasteiger partial charge >= 0.3 is 6.03 Å². The fourth-order valence-electron chi connectivity index (χ4n) is 2.84.